The first-order valence-electron chi connectivity index (χ1n) is 17.2. The summed E-state index contributed by atoms with van der Waals surface area (Å²) in [7, 11) is 3.08. The largest absolute Gasteiger partial charge is 0.496 e. The molecule has 3 aromatic rings. The molecule has 0 aromatic heterocycles. The zero-order valence-corrected chi connectivity index (χ0v) is 29.6. The van der Waals surface area contributed by atoms with Crippen LogP contribution in [0.15, 0.2) is 60.7 Å². The van der Waals surface area contributed by atoms with E-state index in [0.717, 1.165) is 11.1 Å². The third kappa shape index (κ3) is 8.86. The molecule has 2 atom stereocenters. The van der Waals surface area contributed by atoms with Crippen molar-refractivity contribution >= 4 is 35.2 Å². The van der Waals surface area contributed by atoms with Gasteiger partial charge in [0.05, 0.1) is 20.3 Å². The number of ether oxygens (including phenoxy) is 4. The van der Waals surface area contributed by atoms with Gasteiger partial charge in [-0.2, -0.15) is 0 Å². The summed E-state index contributed by atoms with van der Waals surface area (Å²) in [6.45, 7) is 1.63. The van der Waals surface area contributed by atoms with Crippen LogP contribution in [0.4, 0.5) is 0 Å². The predicted octanol–water partition coefficient (Wildman–Crippen LogP) is 4.02. The molecule has 2 fully saturated rings. The zero-order chi connectivity index (χ0) is 35.9. The number of nitrogens with one attached hydrogen (secondary N) is 2. The van der Waals surface area contributed by atoms with Crippen molar-refractivity contribution in [2.75, 3.05) is 47.0 Å². The number of nitrogens with zero attached hydrogens (tertiary/aromatic N) is 2. The van der Waals surface area contributed by atoms with Crippen LogP contribution in [0.1, 0.15) is 47.2 Å². The molecule has 0 unspecified atom stereocenters. The van der Waals surface area contributed by atoms with Crippen molar-refractivity contribution in [1.82, 2.24) is 20.4 Å². The van der Waals surface area contributed by atoms with Crippen molar-refractivity contribution in [2.45, 2.75) is 50.8 Å². The number of hydrogen-bond acceptors (Lipinski definition) is 8. The lowest BCUT2D eigenvalue weighted by molar-refractivity contribution is -0.140. The Balaban J connectivity index is 1.17. The standard InChI is InChI=1S/C38H43ClN4O8/c1-48-32-11-3-24-4-12-35(44)40-21-27-7-10-29(20-33(27)49-2)51-31-15-18-43(22-30(31)41-36(45)23-50-34(32)19-24)38(47)26-13-16-42(17-14-26)37(46)25-5-8-28(39)9-6-25/h3,5-11,19-20,26,30-31H,4,12-18,21-23H2,1-2H3,(H,40,44)(H,41,45)/t30-,31+/m1/s1. The van der Waals surface area contributed by atoms with Crippen molar-refractivity contribution in [1.29, 1.82) is 0 Å². The lowest BCUT2D eigenvalue weighted by Gasteiger charge is -2.41. The lowest BCUT2D eigenvalue weighted by Crippen LogP contribution is -2.59. The normalized spacial score (nSPS) is 20.3. The molecule has 7 rings (SSSR count). The minimum Gasteiger partial charge on any atom is -0.496 e. The highest BCUT2D eigenvalue weighted by Crippen LogP contribution is 2.31. The second-order valence-corrected chi connectivity index (χ2v) is 13.4. The Morgan fingerprint density at radius 2 is 1.59 bits per heavy atom. The van der Waals surface area contributed by atoms with Crippen LogP contribution in [-0.4, -0.2) is 92.6 Å². The Morgan fingerprint density at radius 3 is 2.33 bits per heavy atom. The van der Waals surface area contributed by atoms with Crippen LogP contribution in [-0.2, 0) is 27.3 Å². The van der Waals surface area contributed by atoms with Crippen molar-refractivity contribution in [3.63, 3.8) is 0 Å². The smallest absolute Gasteiger partial charge is 0.258 e. The predicted molar refractivity (Wildman–Crippen MR) is 189 cm³/mol. The SMILES string of the molecule is COc1cc2ccc1CNC(=O)CCc1ccc(OC)c(c1)OCC(=O)N[C@@H]1CN(C(=O)C3CCN(C(=O)c4ccc(Cl)cc4)CC3)CC[C@@H]1O2. The molecule has 3 aromatic carbocycles. The third-order valence-electron chi connectivity index (χ3n) is 9.68. The first-order chi connectivity index (χ1) is 24.7. The van der Waals surface area contributed by atoms with Gasteiger partial charge < -0.3 is 39.4 Å². The van der Waals surface area contributed by atoms with E-state index in [1.807, 2.05) is 18.2 Å². The molecule has 51 heavy (non-hydrogen) atoms. The lowest BCUT2D eigenvalue weighted by atomic mass is 9.92. The van der Waals surface area contributed by atoms with E-state index in [1.165, 1.54) is 7.11 Å². The van der Waals surface area contributed by atoms with Gasteiger partial charge >= 0.3 is 0 Å². The molecule has 4 aliphatic rings. The van der Waals surface area contributed by atoms with Crippen LogP contribution in [0.25, 0.3) is 0 Å². The Kier molecular flexibility index (Phi) is 11.5. The van der Waals surface area contributed by atoms with Gasteiger partial charge in [-0.05, 0) is 73.4 Å². The summed E-state index contributed by atoms with van der Waals surface area (Å²) in [5, 5.41) is 6.59. The Bertz CT molecular complexity index is 1740. The highest BCUT2D eigenvalue weighted by atomic mass is 35.5. The monoisotopic (exact) mass is 718 g/mol. The van der Waals surface area contributed by atoms with Crippen molar-refractivity contribution < 1.29 is 38.1 Å². The number of rotatable bonds is 4. The average molecular weight is 719 g/mol. The molecule has 2 saturated heterocycles. The van der Waals surface area contributed by atoms with Gasteiger partial charge in [0, 0.05) is 73.7 Å². The quantitative estimate of drug-likeness (QED) is 0.413. The first-order valence-corrected chi connectivity index (χ1v) is 17.6. The summed E-state index contributed by atoms with van der Waals surface area (Å²) < 4.78 is 23.5. The number of aryl methyl sites for hydroxylation is 1. The molecule has 0 spiro atoms. The van der Waals surface area contributed by atoms with E-state index in [4.69, 9.17) is 30.5 Å². The maximum absolute atomic E-state index is 13.9. The van der Waals surface area contributed by atoms with Crippen molar-refractivity contribution in [2.24, 2.45) is 5.92 Å². The molecule has 0 radical (unpaired) electrons. The summed E-state index contributed by atoms with van der Waals surface area (Å²) in [5.41, 5.74) is 2.22. The number of likely N-dealkylation sites (tertiary alicyclic amines) is 2. The molecule has 2 N–H and O–H groups in total. The van der Waals surface area contributed by atoms with Gasteiger partial charge in [0.15, 0.2) is 18.1 Å². The van der Waals surface area contributed by atoms with Gasteiger partial charge in [-0.3, -0.25) is 19.2 Å². The van der Waals surface area contributed by atoms with E-state index in [0.29, 0.717) is 78.9 Å². The topological polar surface area (TPSA) is 136 Å². The number of fused-ring (bicyclic) bond motifs is 9. The fourth-order valence-electron chi connectivity index (χ4n) is 6.81. The van der Waals surface area contributed by atoms with Crippen molar-refractivity contribution in [3.05, 3.63) is 82.4 Å². The summed E-state index contributed by atoms with van der Waals surface area (Å²) in [4.78, 5) is 56.5. The van der Waals surface area contributed by atoms with Gasteiger partial charge in [-0.15, -0.1) is 0 Å². The Hall–Kier alpha value is -4.97. The van der Waals surface area contributed by atoms with Crippen molar-refractivity contribution in [3.8, 4) is 23.0 Å². The number of benzene rings is 3. The minimum atomic E-state index is -0.536. The molecule has 4 amide bonds. The van der Waals surface area contributed by atoms with Crippen LogP contribution in [0.5, 0.6) is 23.0 Å². The van der Waals surface area contributed by atoms with Crippen LogP contribution in [0, 0.1) is 5.92 Å². The minimum absolute atomic E-state index is 0.00248. The van der Waals surface area contributed by atoms with E-state index < -0.39 is 12.1 Å². The van der Waals surface area contributed by atoms with E-state index in [9.17, 15) is 19.2 Å². The second-order valence-electron chi connectivity index (χ2n) is 13.0. The molecule has 13 heteroatoms. The van der Waals surface area contributed by atoms with E-state index >= 15 is 0 Å². The molecule has 0 saturated carbocycles. The van der Waals surface area contributed by atoms with E-state index in [-0.39, 0.29) is 55.7 Å². The summed E-state index contributed by atoms with van der Waals surface area (Å²) in [6.07, 6.45) is 1.84. The third-order valence-corrected chi connectivity index (χ3v) is 9.93. The highest BCUT2D eigenvalue weighted by molar-refractivity contribution is 6.30. The number of carbonyl (C=O) groups is 4. The average Bonchev–Trinajstić information content (AvgIpc) is 3.15. The second kappa shape index (κ2) is 16.4. The molecule has 4 bridgehead atoms. The van der Waals surface area contributed by atoms with Gasteiger partial charge in [0.1, 0.15) is 17.6 Å². The van der Waals surface area contributed by atoms with Crippen LogP contribution >= 0.6 is 11.6 Å². The molecule has 4 aliphatic heterocycles. The number of piperidine rings is 2. The molecular weight excluding hydrogens is 676 g/mol. The Morgan fingerprint density at radius 1 is 0.843 bits per heavy atom. The fraction of sp³-hybridized carbons (Fsp3) is 0.421. The number of amides is 4. The summed E-state index contributed by atoms with van der Waals surface area (Å²) >= 11 is 5.99. The zero-order valence-electron chi connectivity index (χ0n) is 28.8. The van der Waals surface area contributed by atoms with Crippen LogP contribution < -0.4 is 29.6 Å². The number of halogens is 1. The molecule has 4 heterocycles. The van der Waals surface area contributed by atoms with Crippen LogP contribution in [0.3, 0.4) is 0 Å². The van der Waals surface area contributed by atoms with Gasteiger partial charge in [0.2, 0.25) is 11.8 Å². The Labute approximate surface area is 302 Å². The maximum Gasteiger partial charge on any atom is 0.258 e. The highest BCUT2D eigenvalue weighted by Gasteiger charge is 2.38. The summed E-state index contributed by atoms with van der Waals surface area (Å²) in [6, 6.07) is 17.1. The fourth-order valence-corrected chi connectivity index (χ4v) is 6.94. The first kappa shape index (κ1) is 35.8. The number of hydrogen-bond donors (Lipinski definition) is 2. The molecule has 0 aliphatic carbocycles. The van der Waals surface area contributed by atoms with E-state index in [2.05, 4.69) is 10.6 Å². The van der Waals surface area contributed by atoms with Gasteiger partial charge in [0.25, 0.3) is 11.8 Å². The maximum atomic E-state index is 13.9. The van der Waals surface area contributed by atoms with Gasteiger partial charge in [-0.25, -0.2) is 0 Å². The molecule has 270 valence electrons. The van der Waals surface area contributed by atoms with Crippen LogP contribution in [0.2, 0.25) is 5.02 Å². The van der Waals surface area contributed by atoms with E-state index in [1.54, 1.807) is 59.4 Å². The summed E-state index contributed by atoms with van der Waals surface area (Å²) in [5.74, 6) is 1.15. The van der Waals surface area contributed by atoms with Gasteiger partial charge in [-0.1, -0.05) is 17.7 Å². The number of carbonyl (C=O) groups excluding carboxylic acids is 4. The molecular formula is C38H43ClN4O8. The number of methoxy groups -OCH3 is 2. The molecule has 12 nitrogen and oxygen atoms in total.